The van der Waals surface area contributed by atoms with Gasteiger partial charge in [0.2, 0.25) is 0 Å². The van der Waals surface area contributed by atoms with Crippen molar-refractivity contribution in [1.82, 2.24) is 15.2 Å². The third-order valence-corrected chi connectivity index (χ3v) is 5.85. The van der Waals surface area contributed by atoms with Gasteiger partial charge in [-0.15, -0.1) is 11.3 Å². The number of thiazole rings is 1. The molecule has 2 amide bonds. The first-order chi connectivity index (χ1) is 14.6. The van der Waals surface area contributed by atoms with E-state index < -0.39 is 11.7 Å². The summed E-state index contributed by atoms with van der Waals surface area (Å²) in [6.45, 7) is 2.03. The summed E-state index contributed by atoms with van der Waals surface area (Å²) in [6, 6.07) is 11.6. The molecule has 1 heterocycles. The number of rotatable bonds is 5. The summed E-state index contributed by atoms with van der Waals surface area (Å²) in [5.74, 6) is -0.421. The molecule has 2 aromatic carbocycles. The zero-order chi connectivity index (χ0) is 22.8. The Kier molecular flexibility index (Phi) is 6.45. The number of carbonyl (C=O) groups is 2. The van der Waals surface area contributed by atoms with Crippen LogP contribution in [0, 0.1) is 6.92 Å². The van der Waals surface area contributed by atoms with Crippen molar-refractivity contribution in [3.63, 3.8) is 0 Å². The molecule has 0 saturated heterocycles. The Morgan fingerprint density at radius 3 is 2.23 bits per heavy atom. The first-order valence-electron chi connectivity index (χ1n) is 9.31. The van der Waals surface area contributed by atoms with Gasteiger partial charge >= 0.3 is 6.18 Å². The van der Waals surface area contributed by atoms with Crippen LogP contribution in [0.25, 0.3) is 10.6 Å². The second kappa shape index (κ2) is 8.89. The van der Waals surface area contributed by atoms with Crippen LogP contribution < -0.4 is 5.32 Å². The van der Waals surface area contributed by atoms with Gasteiger partial charge in [-0.3, -0.25) is 9.59 Å². The first kappa shape index (κ1) is 22.5. The number of hydrogen-bond donors (Lipinski definition) is 1. The van der Waals surface area contributed by atoms with Crippen molar-refractivity contribution in [2.75, 3.05) is 14.1 Å². The molecule has 0 radical (unpaired) electrons. The first-order valence-corrected chi connectivity index (χ1v) is 10.1. The van der Waals surface area contributed by atoms with Crippen molar-refractivity contribution in [3.05, 3.63) is 75.8 Å². The minimum atomic E-state index is -4.40. The maximum absolute atomic E-state index is 12.9. The predicted molar refractivity (Wildman–Crippen MR) is 113 cm³/mol. The van der Waals surface area contributed by atoms with E-state index in [0.717, 1.165) is 29.0 Å². The van der Waals surface area contributed by atoms with E-state index in [9.17, 15) is 22.8 Å². The van der Waals surface area contributed by atoms with Gasteiger partial charge in [-0.25, -0.2) is 4.98 Å². The zero-order valence-corrected chi connectivity index (χ0v) is 17.9. The van der Waals surface area contributed by atoms with E-state index in [-0.39, 0.29) is 11.8 Å². The van der Waals surface area contributed by atoms with E-state index in [1.165, 1.54) is 17.0 Å². The molecule has 0 aliphatic carbocycles. The fourth-order valence-electron chi connectivity index (χ4n) is 2.94. The maximum Gasteiger partial charge on any atom is 0.416 e. The van der Waals surface area contributed by atoms with Crippen molar-refractivity contribution >= 4 is 23.2 Å². The number of amides is 2. The van der Waals surface area contributed by atoms with Gasteiger partial charge in [0.05, 0.1) is 11.3 Å². The number of hydrogen-bond acceptors (Lipinski definition) is 4. The molecule has 1 N–H and O–H groups in total. The Morgan fingerprint density at radius 1 is 1.06 bits per heavy atom. The van der Waals surface area contributed by atoms with E-state index in [1.54, 1.807) is 45.3 Å². The molecule has 31 heavy (non-hydrogen) atoms. The summed E-state index contributed by atoms with van der Waals surface area (Å²) in [6.07, 6.45) is -4.40. The van der Waals surface area contributed by atoms with Gasteiger partial charge in [-0.1, -0.05) is 24.3 Å². The van der Waals surface area contributed by atoms with Crippen LogP contribution in [-0.2, 0) is 12.7 Å². The van der Waals surface area contributed by atoms with Crippen LogP contribution in [0.5, 0.6) is 0 Å². The number of aryl methyl sites for hydroxylation is 1. The lowest BCUT2D eigenvalue weighted by Gasteiger charge is -2.16. The Labute approximate surface area is 181 Å². The number of nitrogens with one attached hydrogen (secondary N) is 1. The molecule has 9 heteroatoms. The minimum absolute atomic E-state index is 0.188. The molecule has 0 aliphatic heterocycles. The van der Waals surface area contributed by atoms with Crippen molar-refractivity contribution < 1.29 is 22.8 Å². The van der Waals surface area contributed by atoms with E-state index >= 15 is 0 Å². The summed E-state index contributed by atoms with van der Waals surface area (Å²) < 4.78 is 38.3. The largest absolute Gasteiger partial charge is 0.416 e. The second-order valence-corrected chi connectivity index (χ2v) is 7.94. The van der Waals surface area contributed by atoms with Crippen molar-refractivity contribution in [3.8, 4) is 10.6 Å². The van der Waals surface area contributed by atoms with Gasteiger partial charge in [-0.05, 0) is 36.8 Å². The maximum atomic E-state index is 12.9. The van der Waals surface area contributed by atoms with Crippen LogP contribution in [0.3, 0.4) is 0 Å². The van der Waals surface area contributed by atoms with Gasteiger partial charge in [0.15, 0.2) is 0 Å². The van der Waals surface area contributed by atoms with Crippen LogP contribution in [0.15, 0.2) is 48.5 Å². The molecule has 0 saturated carbocycles. The number of halogens is 3. The quantitative estimate of drug-likeness (QED) is 0.613. The molecular formula is C22H20F3N3O2S. The lowest BCUT2D eigenvalue weighted by Crippen LogP contribution is -2.26. The molecule has 1 aromatic heterocycles. The average molecular weight is 447 g/mol. The lowest BCUT2D eigenvalue weighted by molar-refractivity contribution is -0.137. The topological polar surface area (TPSA) is 62.3 Å². The minimum Gasteiger partial charge on any atom is -0.355 e. The van der Waals surface area contributed by atoms with Gasteiger partial charge in [0.25, 0.3) is 11.8 Å². The van der Waals surface area contributed by atoms with Crippen LogP contribution in [0.2, 0.25) is 0 Å². The highest BCUT2D eigenvalue weighted by Crippen LogP contribution is 2.33. The number of carbonyl (C=O) groups excluding carboxylic acids is 2. The predicted octanol–water partition coefficient (Wildman–Crippen LogP) is 4.77. The summed E-state index contributed by atoms with van der Waals surface area (Å²) >= 11 is 1.15. The highest BCUT2D eigenvalue weighted by Gasteiger charge is 2.30. The molecule has 0 spiro atoms. The Morgan fingerprint density at radius 2 is 1.68 bits per heavy atom. The zero-order valence-electron chi connectivity index (χ0n) is 17.1. The highest BCUT2D eigenvalue weighted by atomic mass is 32.1. The summed E-state index contributed by atoms with van der Waals surface area (Å²) in [7, 11) is 3.21. The van der Waals surface area contributed by atoms with Gasteiger partial charge in [-0.2, -0.15) is 13.2 Å². The van der Waals surface area contributed by atoms with Crippen LogP contribution in [0.4, 0.5) is 13.2 Å². The van der Waals surface area contributed by atoms with E-state index in [1.807, 2.05) is 0 Å². The fraction of sp³-hybridized carbons (Fsp3) is 0.227. The molecule has 0 aliphatic rings. The lowest BCUT2D eigenvalue weighted by atomic mass is 10.1. The van der Waals surface area contributed by atoms with Crippen LogP contribution in [-0.4, -0.2) is 35.8 Å². The number of alkyl halides is 3. The van der Waals surface area contributed by atoms with Gasteiger partial charge in [0, 0.05) is 31.8 Å². The van der Waals surface area contributed by atoms with E-state index in [2.05, 4.69) is 10.3 Å². The summed E-state index contributed by atoms with van der Waals surface area (Å²) in [4.78, 5) is 30.9. The Balaban J connectivity index is 1.75. The standard InChI is InChI=1S/C22H20F3N3O2S/c1-13-18(31-20(27-13)16-8-10-17(11-9-16)22(23,24)25)21(30)28(3)12-14-4-6-15(7-5-14)19(29)26-2/h4-11H,12H2,1-3H3,(H,26,29). The molecule has 3 aromatic rings. The van der Waals surface area contributed by atoms with Gasteiger partial charge < -0.3 is 10.2 Å². The average Bonchev–Trinajstić information content (AvgIpc) is 3.14. The van der Waals surface area contributed by atoms with Crippen molar-refractivity contribution in [2.45, 2.75) is 19.6 Å². The molecule has 0 unspecified atom stereocenters. The normalized spacial score (nSPS) is 11.3. The second-order valence-electron chi connectivity index (χ2n) is 6.95. The molecule has 0 atom stereocenters. The molecular weight excluding hydrogens is 427 g/mol. The molecule has 0 bridgehead atoms. The fourth-order valence-corrected chi connectivity index (χ4v) is 4.01. The number of benzene rings is 2. The van der Waals surface area contributed by atoms with Gasteiger partial charge in [0.1, 0.15) is 9.88 Å². The summed E-state index contributed by atoms with van der Waals surface area (Å²) in [5, 5.41) is 3.03. The third kappa shape index (κ3) is 5.11. The Bertz CT molecular complexity index is 1090. The molecule has 0 fully saturated rings. The Hall–Kier alpha value is -3.20. The molecule has 3 rings (SSSR count). The number of aromatic nitrogens is 1. The summed E-state index contributed by atoms with van der Waals surface area (Å²) in [5.41, 5.74) is 1.69. The number of nitrogens with zero attached hydrogens (tertiary/aromatic N) is 2. The smallest absolute Gasteiger partial charge is 0.355 e. The molecule has 5 nitrogen and oxygen atoms in total. The van der Waals surface area contributed by atoms with Crippen molar-refractivity contribution in [1.29, 1.82) is 0 Å². The van der Waals surface area contributed by atoms with E-state index in [0.29, 0.717) is 33.3 Å². The monoisotopic (exact) mass is 447 g/mol. The highest BCUT2D eigenvalue weighted by molar-refractivity contribution is 7.17. The molecule has 162 valence electrons. The van der Waals surface area contributed by atoms with Crippen LogP contribution in [0.1, 0.15) is 36.9 Å². The third-order valence-electron chi connectivity index (χ3n) is 4.66. The SMILES string of the molecule is CNC(=O)c1ccc(CN(C)C(=O)c2sc(-c3ccc(C(F)(F)F)cc3)nc2C)cc1. The van der Waals surface area contributed by atoms with Crippen molar-refractivity contribution in [2.24, 2.45) is 0 Å². The van der Waals surface area contributed by atoms with Crippen LogP contribution >= 0.6 is 11.3 Å². The van der Waals surface area contributed by atoms with E-state index in [4.69, 9.17) is 0 Å².